The largest absolute Gasteiger partial charge is 0.478 e. The van der Waals surface area contributed by atoms with E-state index in [4.69, 9.17) is 11.5 Å². The Morgan fingerprint density at radius 1 is 1.26 bits per heavy atom. The van der Waals surface area contributed by atoms with E-state index in [0.717, 1.165) is 25.3 Å². The average Bonchev–Trinajstić information content (AvgIpc) is 2.46. The van der Waals surface area contributed by atoms with Gasteiger partial charge in [0.1, 0.15) is 17.0 Å². The number of carboxylic acids is 1. The zero-order valence-electron chi connectivity index (χ0n) is 12.5. The third-order valence-corrected chi connectivity index (χ3v) is 4.30. The van der Waals surface area contributed by atoms with Gasteiger partial charge in [0.05, 0.1) is 5.69 Å². The van der Waals surface area contributed by atoms with E-state index in [-0.39, 0.29) is 17.6 Å². The lowest BCUT2D eigenvalue weighted by molar-refractivity contribution is 0.0692. The highest BCUT2D eigenvalue weighted by Gasteiger charge is 2.44. The van der Waals surface area contributed by atoms with Crippen LogP contribution in [-0.4, -0.2) is 28.7 Å². The Labute approximate surface area is 132 Å². The number of carbonyl (C=O) groups is 1. The smallest absolute Gasteiger partial charge is 0.340 e. The monoisotopic (exact) mass is 319 g/mol. The Morgan fingerprint density at radius 3 is 2.61 bits per heavy atom. The number of halogens is 1. The number of aliphatic imine (C=N–C) groups is 2. The minimum Gasteiger partial charge on any atom is -0.478 e. The molecule has 1 aliphatic heterocycles. The van der Waals surface area contributed by atoms with Crippen molar-refractivity contribution in [2.45, 2.75) is 37.8 Å². The second kappa shape index (κ2) is 5.53. The molecule has 0 amide bonds. The molecule has 3 rings (SSSR count). The molecule has 1 aromatic carbocycles. The fourth-order valence-electron chi connectivity index (χ4n) is 3.38. The molecule has 0 unspecified atom stereocenters. The quantitative estimate of drug-likeness (QED) is 0.766. The maximum atomic E-state index is 14.1. The summed E-state index contributed by atoms with van der Waals surface area (Å²) in [7, 11) is 0. The molecule has 23 heavy (non-hydrogen) atoms. The molecule has 1 spiro atoms. The molecular weight excluding hydrogens is 301 g/mol. The average molecular weight is 319 g/mol. The molecule has 0 bridgehead atoms. The van der Waals surface area contributed by atoms with Gasteiger partial charge in [-0.1, -0.05) is 12.5 Å². The van der Waals surface area contributed by atoms with Crippen molar-refractivity contribution in [2.24, 2.45) is 21.5 Å². The number of carboxylic acid groups (broad SMARTS) is 1. The predicted octanol–water partition coefficient (Wildman–Crippen LogP) is 1.63. The van der Waals surface area contributed by atoms with Crippen molar-refractivity contribution in [1.82, 2.24) is 0 Å². The van der Waals surface area contributed by atoms with Crippen LogP contribution in [0.5, 0.6) is 0 Å². The van der Waals surface area contributed by atoms with Crippen LogP contribution in [0.25, 0.3) is 0 Å². The molecule has 8 heteroatoms. The van der Waals surface area contributed by atoms with E-state index < -0.39 is 23.0 Å². The first-order valence-electron chi connectivity index (χ1n) is 7.46. The van der Waals surface area contributed by atoms with Crippen LogP contribution >= 0.6 is 0 Å². The first kappa shape index (κ1) is 15.3. The highest BCUT2D eigenvalue weighted by molar-refractivity contribution is 6.08. The molecule has 0 atom stereocenters. The molecule has 5 N–H and O–H groups in total. The van der Waals surface area contributed by atoms with E-state index in [1.54, 1.807) is 0 Å². The van der Waals surface area contributed by atoms with Crippen molar-refractivity contribution >= 4 is 23.6 Å². The summed E-state index contributed by atoms with van der Waals surface area (Å²) < 4.78 is 14.1. The number of aromatic carboxylic acids is 1. The number of hydrogen-bond donors (Lipinski definition) is 3. The summed E-state index contributed by atoms with van der Waals surface area (Å²) in [5.74, 6) is -2.09. The Kier molecular flexibility index (Phi) is 3.67. The van der Waals surface area contributed by atoms with E-state index in [1.807, 2.05) is 0 Å². The van der Waals surface area contributed by atoms with Crippen molar-refractivity contribution in [3.8, 4) is 0 Å². The normalized spacial score (nSPS) is 20.1. The van der Waals surface area contributed by atoms with Crippen LogP contribution in [-0.2, 0) is 0 Å². The van der Waals surface area contributed by atoms with Crippen LogP contribution in [0.15, 0.2) is 28.2 Å². The first-order chi connectivity index (χ1) is 10.9. The first-order valence-corrected chi connectivity index (χ1v) is 7.46. The predicted molar refractivity (Wildman–Crippen MR) is 84.9 cm³/mol. The third-order valence-electron chi connectivity index (χ3n) is 4.30. The lowest BCUT2D eigenvalue weighted by Crippen LogP contribution is -2.58. The van der Waals surface area contributed by atoms with Crippen LogP contribution < -0.4 is 16.4 Å². The zero-order chi connectivity index (χ0) is 16.6. The summed E-state index contributed by atoms with van der Waals surface area (Å²) in [6, 6.07) is 4.07. The minimum atomic E-state index is -1.36. The lowest BCUT2D eigenvalue weighted by Gasteiger charge is -2.45. The molecule has 122 valence electrons. The SMILES string of the molecule is NC1=NC2(CCCCC2)N(c2cccc(F)c2C(=O)O)C(N)=N1. The number of hydrogen-bond acceptors (Lipinski definition) is 6. The lowest BCUT2D eigenvalue weighted by atomic mass is 9.87. The van der Waals surface area contributed by atoms with Crippen LogP contribution in [0.4, 0.5) is 10.1 Å². The van der Waals surface area contributed by atoms with Crippen molar-refractivity contribution in [3.63, 3.8) is 0 Å². The second-order valence-electron chi connectivity index (χ2n) is 5.76. The van der Waals surface area contributed by atoms with Gasteiger partial charge in [-0.05, 0) is 37.8 Å². The van der Waals surface area contributed by atoms with Crippen LogP contribution in [0.2, 0.25) is 0 Å². The molecule has 1 saturated carbocycles. The van der Waals surface area contributed by atoms with Crippen molar-refractivity contribution in [1.29, 1.82) is 0 Å². The summed E-state index contributed by atoms with van der Waals surface area (Å²) in [5, 5.41) is 9.39. The molecule has 1 aliphatic carbocycles. The fourth-order valence-corrected chi connectivity index (χ4v) is 3.38. The zero-order valence-corrected chi connectivity index (χ0v) is 12.5. The number of rotatable bonds is 2. The van der Waals surface area contributed by atoms with E-state index in [2.05, 4.69) is 9.98 Å². The molecule has 1 aromatic rings. The number of anilines is 1. The topological polar surface area (TPSA) is 117 Å². The minimum absolute atomic E-state index is 0.0347. The van der Waals surface area contributed by atoms with Crippen LogP contribution in [0.1, 0.15) is 42.5 Å². The van der Waals surface area contributed by atoms with Gasteiger partial charge in [-0.25, -0.2) is 14.2 Å². The van der Waals surface area contributed by atoms with Gasteiger partial charge >= 0.3 is 5.97 Å². The van der Waals surface area contributed by atoms with E-state index >= 15 is 0 Å². The Hall–Kier alpha value is -2.64. The summed E-state index contributed by atoms with van der Waals surface area (Å²) in [4.78, 5) is 21.4. The summed E-state index contributed by atoms with van der Waals surface area (Å²) >= 11 is 0. The van der Waals surface area contributed by atoms with Crippen LogP contribution in [0, 0.1) is 5.82 Å². The van der Waals surface area contributed by atoms with E-state index in [1.165, 1.54) is 17.0 Å². The number of guanidine groups is 2. The molecular formula is C15H18FN5O2. The van der Waals surface area contributed by atoms with Gasteiger partial charge in [0, 0.05) is 0 Å². The van der Waals surface area contributed by atoms with Gasteiger partial charge in [0.2, 0.25) is 11.9 Å². The highest BCUT2D eigenvalue weighted by Crippen LogP contribution is 2.40. The molecule has 0 saturated heterocycles. The summed E-state index contributed by atoms with van der Waals surface area (Å²) in [6.45, 7) is 0. The summed E-state index contributed by atoms with van der Waals surface area (Å²) in [5.41, 5.74) is 10.7. The molecule has 1 heterocycles. The van der Waals surface area contributed by atoms with Gasteiger partial charge in [0.15, 0.2) is 0 Å². The number of benzene rings is 1. The Balaban J connectivity index is 2.19. The number of nitrogens with two attached hydrogens (primary N) is 2. The third kappa shape index (κ3) is 2.49. The van der Waals surface area contributed by atoms with Gasteiger partial charge in [-0.3, -0.25) is 4.90 Å². The molecule has 0 aromatic heterocycles. The number of nitrogens with zero attached hydrogens (tertiary/aromatic N) is 3. The maximum absolute atomic E-state index is 14.1. The fraction of sp³-hybridized carbons (Fsp3) is 0.400. The molecule has 7 nitrogen and oxygen atoms in total. The Bertz CT molecular complexity index is 710. The molecule has 1 fully saturated rings. The molecule has 0 radical (unpaired) electrons. The Morgan fingerprint density at radius 2 is 1.96 bits per heavy atom. The van der Waals surface area contributed by atoms with Gasteiger partial charge < -0.3 is 16.6 Å². The van der Waals surface area contributed by atoms with Crippen molar-refractivity contribution < 1.29 is 14.3 Å². The van der Waals surface area contributed by atoms with Crippen molar-refractivity contribution in [2.75, 3.05) is 4.90 Å². The van der Waals surface area contributed by atoms with Crippen molar-refractivity contribution in [3.05, 3.63) is 29.6 Å². The molecule has 2 aliphatic rings. The second-order valence-corrected chi connectivity index (χ2v) is 5.76. The van der Waals surface area contributed by atoms with E-state index in [9.17, 15) is 14.3 Å². The van der Waals surface area contributed by atoms with Gasteiger partial charge in [-0.15, -0.1) is 0 Å². The van der Waals surface area contributed by atoms with Gasteiger partial charge in [0.25, 0.3) is 0 Å². The maximum Gasteiger partial charge on any atom is 0.340 e. The summed E-state index contributed by atoms with van der Waals surface area (Å²) in [6.07, 6.45) is 4.16. The van der Waals surface area contributed by atoms with Gasteiger partial charge in [-0.2, -0.15) is 4.99 Å². The van der Waals surface area contributed by atoms with Crippen LogP contribution in [0.3, 0.4) is 0 Å². The highest BCUT2D eigenvalue weighted by atomic mass is 19.1. The van der Waals surface area contributed by atoms with E-state index in [0.29, 0.717) is 12.8 Å². The standard InChI is InChI=1S/C15H18FN5O2/c16-9-5-4-6-10(11(9)12(22)23)21-14(18)19-13(17)20-15(21)7-2-1-3-8-15/h4-6H,1-3,7-8H2,(H,22,23)(H4,17,18,19,20).